The van der Waals surface area contributed by atoms with E-state index in [1.807, 2.05) is 6.92 Å². The summed E-state index contributed by atoms with van der Waals surface area (Å²) in [6.45, 7) is 2.18. The Bertz CT molecular complexity index is 863. The number of amides is 1. The molecule has 2 aromatic rings. The fraction of sp³-hybridized carbons (Fsp3) is 0.286. The van der Waals surface area contributed by atoms with Gasteiger partial charge in [-0.2, -0.15) is 0 Å². The van der Waals surface area contributed by atoms with Crippen LogP contribution < -0.4 is 9.64 Å². The minimum absolute atomic E-state index is 0.0246. The second kappa shape index (κ2) is 8.65. The van der Waals surface area contributed by atoms with Gasteiger partial charge in [-0.05, 0) is 55.5 Å². The molecular formula is C21H20FNO5. The highest BCUT2D eigenvalue weighted by Gasteiger charge is 2.36. The van der Waals surface area contributed by atoms with Crippen molar-refractivity contribution in [2.24, 2.45) is 5.92 Å². The van der Waals surface area contributed by atoms with Crippen LogP contribution >= 0.6 is 0 Å². The van der Waals surface area contributed by atoms with Gasteiger partial charge >= 0.3 is 5.97 Å². The normalized spacial score (nSPS) is 16.1. The third-order valence-electron chi connectivity index (χ3n) is 4.43. The average Bonchev–Trinajstić information content (AvgIpc) is 3.09. The molecule has 1 atom stereocenters. The van der Waals surface area contributed by atoms with Crippen molar-refractivity contribution < 1.29 is 28.2 Å². The number of nitrogens with zero attached hydrogens (tertiary/aromatic N) is 1. The topological polar surface area (TPSA) is 72.9 Å². The second-order valence-electron chi connectivity index (χ2n) is 6.37. The van der Waals surface area contributed by atoms with Crippen molar-refractivity contribution >= 4 is 23.3 Å². The van der Waals surface area contributed by atoms with E-state index in [1.54, 1.807) is 24.3 Å². The van der Waals surface area contributed by atoms with Crippen molar-refractivity contribution in [1.29, 1.82) is 0 Å². The lowest BCUT2D eigenvalue weighted by atomic mass is 10.1. The maximum absolute atomic E-state index is 12.9. The highest BCUT2D eigenvalue weighted by atomic mass is 19.1. The minimum Gasteiger partial charge on any atom is -0.494 e. The Morgan fingerprint density at radius 2 is 1.79 bits per heavy atom. The maximum Gasteiger partial charge on any atom is 0.311 e. The lowest BCUT2D eigenvalue weighted by Crippen LogP contribution is -2.27. The third-order valence-corrected chi connectivity index (χ3v) is 4.43. The Morgan fingerprint density at radius 1 is 1.11 bits per heavy atom. The Hall–Kier alpha value is -3.22. The number of Topliss-reactive ketones (excluding diaryl/α,β-unsaturated/α-hetero) is 1. The smallest absolute Gasteiger partial charge is 0.311 e. The number of carbonyl (C=O) groups is 3. The third kappa shape index (κ3) is 4.54. The van der Waals surface area contributed by atoms with E-state index in [0.717, 1.165) is 0 Å². The zero-order valence-electron chi connectivity index (χ0n) is 15.4. The maximum atomic E-state index is 12.9. The number of anilines is 1. The van der Waals surface area contributed by atoms with E-state index in [2.05, 4.69) is 0 Å². The van der Waals surface area contributed by atoms with Gasteiger partial charge in [0.25, 0.3) is 0 Å². The second-order valence-corrected chi connectivity index (χ2v) is 6.37. The van der Waals surface area contributed by atoms with Crippen LogP contribution in [0.5, 0.6) is 5.75 Å². The van der Waals surface area contributed by atoms with Crippen LogP contribution in [-0.4, -0.2) is 37.4 Å². The Morgan fingerprint density at radius 3 is 2.43 bits per heavy atom. The molecule has 1 amide bonds. The van der Waals surface area contributed by atoms with E-state index in [9.17, 15) is 18.8 Å². The molecule has 0 N–H and O–H groups in total. The molecule has 0 saturated carbocycles. The van der Waals surface area contributed by atoms with Gasteiger partial charge in [0.05, 0.1) is 12.5 Å². The average molecular weight is 385 g/mol. The molecule has 0 aliphatic carbocycles. The van der Waals surface area contributed by atoms with Crippen LogP contribution in [0.2, 0.25) is 0 Å². The zero-order valence-corrected chi connectivity index (χ0v) is 15.4. The lowest BCUT2D eigenvalue weighted by molar-refractivity contribution is -0.147. The highest BCUT2D eigenvalue weighted by molar-refractivity contribution is 6.01. The number of ether oxygens (including phenoxy) is 2. The first kappa shape index (κ1) is 19.5. The Kier molecular flexibility index (Phi) is 6.03. The predicted molar refractivity (Wildman–Crippen MR) is 99.8 cm³/mol. The molecule has 3 rings (SSSR count). The molecule has 0 unspecified atom stereocenters. The van der Waals surface area contributed by atoms with Gasteiger partial charge in [-0.3, -0.25) is 14.4 Å². The number of halogens is 1. The van der Waals surface area contributed by atoms with Crippen LogP contribution in [0, 0.1) is 11.7 Å². The molecular weight excluding hydrogens is 365 g/mol. The van der Waals surface area contributed by atoms with E-state index in [4.69, 9.17) is 9.47 Å². The zero-order chi connectivity index (χ0) is 20.1. The van der Waals surface area contributed by atoms with Gasteiger partial charge in [-0.1, -0.05) is 0 Å². The van der Waals surface area contributed by atoms with Gasteiger partial charge in [0.15, 0.2) is 12.4 Å². The number of benzene rings is 2. The number of carbonyl (C=O) groups excluding carboxylic acids is 3. The minimum atomic E-state index is -0.639. The summed E-state index contributed by atoms with van der Waals surface area (Å²) in [5, 5.41) is 0. The number of hydrogen-bond acceptors (Lipinski definition) is 5. The van der Waals surface area contributed by atoms with Crippen LogP contribution in [0.3, 0.4) is 0 Å². The molecule has 1 saturated heterocycles. The van der Waals surface area contributed by atoms with Crippen molar-refractivity contribution in [2.45, 2.75) is 13.3 Å². The van der Waals surface area contributed by atoms with Crippen LogP contribution in [-0.2, 0) is 14.3 Å². The molecule has 7 heteroatoms. The Labute approximate surface area is 161 Å². The van der Waals surface area contributed by atoms with E-state index >= 15 is 0 Å². The standard InChI is InChI=1S/C21H20FNO5/c1-2-27-18-9-7-17(8-10-18)23-12-15(11-20(23)25)21(26)28-13-19(24)14-3-5-16(22)6-4-14/h3-10,15H,2,11-13H2,1H3/t15-/m0/s1. The molecule has 0 aromatic heterocycles. The summed E-state index contributed by atoms with van der Waals surface area (Å²) >= 11 is 0. The number of hydrogen-bond donors (Lipinski definition) is 0. The van der Waals surface area contributed by atoms with Crippen molar-refractivity contribution in [1.82, 2.24) is 0 Å². The van der Waals surface area contributed by atoms with E-state index in [0.29, 0.717) is 18.0 Å². The lowest BCUT2D eigenvalue weighted by Gasteiger charge is -2.17. The Balaban J connectivity index is 1.56. The molecule has 0 radical (unpaired) electrons. The van der Waals surface area contributed by atoms with Gasteiger partial charge in [-0.15, -0.1) is 0 Å². The first-order valence-electron chi connectivity index (χ1n) is 8.96. The summed E-state index contributed by atoms with van der Waals surface area (Å²) in [4.78, 5) is 38.1. The summed E-state index contributed by atoms with van der Waals surface area (Å²) in [7, 11) is 0. The summed E-state index contributed by atoms with van der Waals surface area (Å²) in [6, 6.07) is 12.0. The van der Waals surface area contributed by atoms with Crippen molar-refractivity contribution in [2.75, 3.05) is 24.7 Å². The molecule has 2 aromatic carbocycles. The van der Waals surface area contributed by atoms with Gasteiger partial charge in [0.1, 0.15) is 11.6 Å². The van der Waals surface area contributed by atoms with Crippen molar-refractivity contribution in [3.8, 4) is 5.75 Å². The molecule has 1 fully saturated rings. The number of rotatable bonds is 7. The predicted octanol–water partition coefficient (Wildman–Crippen LogP) is 3.00. The van der Waals surface area contributed by atoms with Crippen LogP contribution in [0.4, 0.5) is 10.1 Å². The molecule has 0 spiro atoms. The molecule has 0 bridgehead atoms. The van der Waals surface area contributed by atoms with Crippen LogP contribution in [0.1, 0.15) is 23.7 Å². The highest BCUT2D eigenvalue weighted by Crippen LogP contribution is 2.27. The van der Waals surface area contributed by atoms with Crippen molar-refractivity contribution in [3.05, 3.63) is 59.9 Å². The van der Waals surface area contributed by atoms with Gasteiger partial charge < -0.3 is 14.4 Å². The van der Waals surface area contributed by atoms with Gasteiger partial charge in [0.2, 0.25) is 5.91 Å². The van der Waals surface area contributed by atoms with E-state index in [1.165, 1.54) is 29.2 Å². The van der Waals surface area contributed by atoms with Gasteiger partial charge in [0, 0.05) is 24.2 Å². The fourth-order valence-corrected chi connectivity index (χ4v) is 2.98. The summed E-state index contributed by atoms with van der Waals surface area (Å²) in [6.07, 6.45) is 0.0246. The van der Waals surface area contributed by atoms with Crippen LogP contribution in [0.15, 0.2) is 48.5 Å². The quantitative estimate of drug-likeness (QED) is 0.541. The molecule has 1 aliphatic rings. The summed E-state index contributed by atoms with van der Waals surface area (Å²) in [5.74, 6) is -1.60. The molecule has 1 heterocycles. The molecule has 28 heavy (non-hydrogen) atoms. The number of esters is 1. The summed E-state index contributed by atoms with van der Waals surface area (Å²) < 4.78 is 23.4. The monoisotopic (exact) mass is 385 g/mol. The van der Waals surface area contributed by atoms with Gasteiger partial charge in [-0.25, -0.2) is 4.39 Å². The van der Waals surface area contributed by atoms with E-state index in [-0.39, 0.29) is 24.4 Å². The summed E-state index contributed by atoms with van der Waals surface area (Å²) in [5.41, 5.74) is 0.929. The SMILES string of the molecule is CCOc1ccc(N2C[C@@H](C(=O)OCC(=O)c3ccc(F)cc3)CC2=O)cc1. The first-order chi connectivity index (χ1) is 13.5. The van der Waals surface area contributed by atoms with Crippen LogP contribution in [0.25, 0.3) is 0 Å². The molecule has 6 nitrogen and oxygen atoms in total. The largest absolute Gasteiger partial charge is 0.494 e. The number of ketones is 1. The van der Waals surface area contributed by atoms with E-state index < -0.39 is 30.1 Å². The fourth-order valence-electron chi connectivity index (χ4n) is 2.98. The molecule has 1 aliphatic heterocycles. The first-order valence-corrected chi connectivity index (χ1v) is 8.96. The molecule has 146 valence electrons. The van der Waals surface area contributed by atoms with Crippen molar-refractivity contribution in [3.63, 3.8) is 0 Å².